The first-order valence-corrected chi connectivity index (χ1v) is 5.16. The topological polar surface area (TPSA) is 17.1 Å². The summed E-state index contributed by atoms with van der Waals surface area (Å²) in [4.78, 5) is 10.5. The Labute approximate surface area is 73.5 Å². The van der Waals surface area contributed by atoms with E-state index in [1.165, 1.54) is 32.1 Å². The monoisotopic (exact) mass is 163 g/mol. The van der Waals surface area contributed by atoms with Crippen molar-refractivity contribution in [2.24, 2.45) is 23.2 Å². The summed E-state index contributed by atoms with van der Waals surface area (Å²) in [5, 5.41) is 0. The van der Waals surface area contributed by atoms with Gasteiger partial charge in [-0.25, -0.2) is 0 Å². The van der Waals surface area contributed by atoms with Crippen LogP contribution in [0.1, 0.15) is 38.5 Å². The molecule has 0 aliphatic heterocycles. The Morgan fingerprint density at radius 1 is 1.17 bits per heavy atom. The Hall–Kier alpha value is -0.330. The van der Waals surface area contributed by atoms with Crippen LogP contribution in [-0.4, -0.2) is 6.29 Å². The van der Waals surface area contributed by atoms with Crippen LogP contribution in [0, 0.1) is 23.2 Å². The molecule has 1 heteroatoms. The summed E-state index contributed by atoms with van der Waals surface area (Å²) in [6, 6.07) is 0. The lowest BCUT2D eigenvalue weighted by atomic mass is 9.68. The van der Waals surface area contributed by atoms with Crippen LogP contribution in [0.4, 0.5) is 0 Å². The second-order valence-corrected chi connectivity index (χ2v) is 5.29. The lowest BCUT2D eigenvalue weighted by Gasteiger charge is -2.36. The first-order valence-electron chi connectivity index (χ1n) is 5.16. The molecule has 0 aromatic heterocycles. The molecule has 12 heavy (non-hydrogen) atoms. The highest BCUT2D eigenvalue weighted by molar-refractivity contribution is 5.52. The van der Waals surface area contributed by atoms with Crippen LogP contribution < -0.4 is 0 Å². The predicted octanol–water partition coefficient (Wildman–Crippen LogP) is 2.31. The first-order chi connectivity index (χ1) is 5.81. The van der Waals surface area contributed by atoms with Crippen LogP contribution in [0.5, 0.6) is 0 Å². The zero-order chi connectivity index (χ0) is 8.18. The molecular weight excluding hydrogens is 148 g/mol. The van der Waals surface area contributed by atoms with E-state index in [4.69, 9.17) is 0 Å². The highest BCUT2D eigenvalue weighted by Crippen LogP contribution is 2.65. The van der Waals surface area contributed by atoms with E-state index in [1.807, 2.05) is 0 Å². The number of hydrogen-bond donors (Lipinski definition) is 0. The molecule has 2 atom stereocenters. The minimum Gasteiger partial charge on any atom is -0.291 e. The molecule has 0 N–H and O–H groups in total. The molecule has 2 unspecified atom stereocenters. The molecule has 4 aliphatic rings. The van der Waals surface area contributed by atoms with Crippen LogP contribution >= 0.6 is 0 Å². The highest BCUT2D eigenvalue weighted by Gasteiger charge is 2.55. The summed E-state index contributed by atoms with van der Waals surface area (Å²) in [7, 11) is 0. The molecular formula is C11H15O. The van der Waals surface area contributed by atoms with Crippen molar-refractivity contribution in [3.63, 3.8) is 0 Å². The van der Waals surface area contributed by atoms with E-state index in [2.05, 4.69) is 6.29 Å². The molecule has 4 bridgehead atoms. The largest absolute Gasteiger partial charge is 0.291 e. The van der Waals surface area contributed by atoms with Gasteiger partial charge in [-0.05, 0) is 55.3 Å². The third-order valence-corrected chi connectivity index (χ3v) is 4.50. The average Bonchev–Trinajstić information content (AvgIpc) is 2.38. The summed E-state index contributed by atoms with van der Waals surface area (Å²) in [6.45, 7) is 0. The highest BCUT2D eigenvalue weighted by atomic mass is 16.1. The summed E-state index contributed by atoms with van der Waals surface area (Å²) in [6.07, 6.45) is 9.88. The maximum Gasteiger partial charge on any atom is 0.198 e. The molecule has 0 spiro atoms. The van der Waals surface area contributed by atoms with Crippen molar-refractivity contribution >= 4 is 6.29 Å². The van der Waals surface area contributed by atoms with Crippen molar-refractivity contribution in [1.29, 1.82) is 0 Å². The third-order valence-electron chi connectivity index (χ3n) is 4.50. The van der Waals surface area contributed by atoms with Crippen molar-refractivity contribution in [1.82, 2.24) is 0 Å². The first kappa shape index (κ1) is 7.11. The zero-order valence-corrected chi connectivity index (χ0v) is 7.38. The van der Waals surface area contributed by atoms with E-state index in [0.29, 0.717) is 5.41 Å². The second kappa shape index (κ2) is 2.12. The van der Waals surface area contributed by atoms with Crippen molar-refractivity contribution in [3.05, 3.63) is 0 Å². The van der Waals surface area contributed by atoms with E-state index in [1.54, 1.807) is 0 Å². The molecule has 1 radical (unpaired) electrons. The predicted molar refractivity (Wildman–Crippen MR) is 46.3 cm³/mol. The van der Waals surface area contributed by atoms with Gasteiger partial charge in [0.15, 0.2) is 6.29 Å². The average molecular weight is 163 g/mol. The molecule has 0 saturated heterocycles. The second-order valence-electron chi connectivity index (χ2n) is 5.29. The summed E-state index contributed by atoms with van der Waals surface area (Å²) >= 11 is 0. The normalized spacial score (nSPS) is 54.8. The molecule has 1 nitrogen and oxygen atoms in total. The lowest BCUT2D eigenvalue weighted by Crippen LogP contribution is -2.27. The van der Waals surface area contributed by atoms with Gasteiger partial charge in [0.2, 0.25) is 0 Å². The molecule has 0 aromatic rings. The minimum atomic E-state index is 0.443. The van der Waals surface area contributed by atoms with Crippen molar-refractivity contribution in [2.45, 2.75) is 38.5 Å². The van der Waals surface area contributed by atoms with Crippen molar-refractivity contribution in [2.75, 3.05) is 0 Å². The van der Waals surface area contributed by atoms with Gasteiger partial charge in [-0.2, -0.15) is 0 Å². The van der Waals surface area contributed by atoms with Crippen LogP contribution in [-0.2, 0) is 4.79 Å². The van der Waals surface area contributed by atoms with E-state index < -0.39 is 0 Å². The molecule has 4 fully saturated rings. The van der Waals surface area contributed by atoms with Gasteiger partial charge in [0.1, 0.15) is 0 Å². The van der Waals surface area contributed by atoms with Gasteiger partial charge >= 0.3 is 0 Å². The summed E-state index contributed by atoms with van der Waals surface area (Å²) in [5.41, 5.74) is 0.443. The van der Waals surface area contributed by atoms with Crippen molar-refractivity contribution in [3.8, 4) is 0 Å². The summed E-state index contributed by atoms with van der Waals surface area (Å²) < 4.78 is 0. The van der Waals surface area contributed by atoms with Crippen LogP contribution in [0.15, 0.2) is 0 Å². The Balaban J connectivity index is 1.88. The number of rotatable bonds is 2. The quantitative estimate of drug-likeness (QED) is 0.610. The Kier molecular flexibility index (Phi) is 1.26. The number of carbonyl (C=O) groups excluding carboxylic acids is 1. The molecule has 65 valence electrons. The Morgan fingerprint density at radius 3 is 2.33 bits per heavy atom. The van der Waals surface area contributed by atoms with Gasteiger partial charge in [0, 0.05) is 6.42 Å². The van der Waals surface area contributed by atoms with E-state index >= 15 is 0 Å². The lowest BCUT2D eigenvalue weighted by molar-refractivity contribution is 0.152. The molecule has 0 aromatic carbocycles. The van der Waals surface area contributed by atoms with E-state index in [9.17, 15) is 4.79 Å². The van der Waals surface area contributed by atoms with Gasteiger partial charge in [-0.1, -0.05) is 0 Å². The molecule has 0 amide bonds. The molecule has 4 aliphatic carbocycles. The van der Waals surface area contributed by atoms with Gasteiger partial charge in [-0.15, -0.1) is 0 Å². The molecule has 0 heterocycles. The Bertz CT molecular complexity index is 202. The number of hydrogen-bond acceptors (Lipinski definition) is 1. The molecule has 4 saturated carbocycles. The smallest absolute Gasteiger partial charge is 0.198 e. The maximum atomic E-state index is 10.5. The van der Waals surface area contributed by atoms with Gasteiger partial charge in [-0.3, -0.25) is 4.79 Å². The standard InChI is InChI=1S/C11H15O/c12-2-1-11-5-8-3-9(6-11)10(4-8)7-11/h8-10H,1,3-7H2. The maximum absolute atomic E-state index is 10.5. The molecule has 4 rings (SSSR count). The van der Waals surface area contributed by atoms with Gasteiger partial charge < -0.3 is 0 Å². The fourth-order valence-electron chi connectivity index (χ4n) is 4.35. The van der Waals surface area contributed by atoms with Crippen LogP contribution in [0.2, 0.25) is 0 Å². The van der Waals surface area contributed by atoms with Crippen LogP contribution in [0.25, 0.3) is 0 Å². The minimum absolute atomic E-state index is 0.443. The van der Waals surface area contributed by atoms with Crippen molar-refractivity contribution < 1.29 is 4.79 Å². The van der Waals surface area contributed by atoms with Gasteiger partial charge in [0.05, 0.1) is 0 Å². The Morgan fingerprint density at radius 2 is 1.83 bits per heavy atom. The third kappa shape index (κ3) is 0.773. The summed E-state index contributed by atoms with van der Waals surface area (Å²) in [5.74, 6) is 2.98. The van der Waals surface area contributed by atoms with E-state index in [-0.39, 0.29) is 0 Å². The fraction of sp³-hybridized carbons (Fsp3) is 0.909. The zero-order valence-electron chi connectivity index (χ0n) is 7.38. The van der Waals surface area contributed by atoms with Crippen LogP contribution in [0.3, 0.4) is 0 Å². The van der Waals surface area contributed by atoms with E-state index in [0.717, 1.165) is 24.2 Å². The SMILES string of the molecule is O=[C]CC12CC3CC(C1)C(C3)C2. The fourth-order valence-corrected chi connectivity index (χ4v) is 4.35. The van der Waals surface area contributed by atoms with Gasteiger partial charge in [0.25, 0.3) is 0 Å².